The van der Waals surface area contributed by atoms with Crippen LogP contribution >= 0.6 is 15.9 Å². The molecule has 2 aromatic rings. The van der Waals surface area contributed by atoms with Gasteiger partial charge in [-0.15, -0.1) is 0 Å². The maximum atomic E-state index is 13.0. The van der Waals surface area contributed by atoms with E-state index < -0.39 is 30.1 Å². The Labute approximate surface area is 133 Å². The van der Waals surface area contributed by atoms with Crippen molar-refractivity contribution in [2.24, 2.45) is 0 Å². The Hall–Kier alpha value is -2.28. The second kappa shape index (κ2) is 7.13. The maximum absolute atomic E-state index is 13.0. The van der Waals surface area contributed by atoms with Gasteiger partial charge in [-0.25, -0.2) is 13.6 Å². The lowest BCUT2D eigenvalue weighted by atomic mass is 10.2. The number of carbonyl (C=O) groups excluding carboxylic acids is 2. The zero-order valence-corrected chi connectivity index (χ0v) is 12.7. The minimum absolute atomic E-state index is 0.298. The number of rotatable bonds is 4. The number of hydrogen-bond acceptors (Lipinski definition) is 3. The Kier molecular flexibility index (Phi) is 5.21. The van der Waals surface area contributed by atoms with Gasteiger partial charge < -0.3 is 10.1 Å². The van der Waals surface area contributed by atoms with Crippen molar-refractivity contribution in [1.29, 1.82) is 0 Å². The molecule has 0 saturated heterocycles. The first-order valence-corrected chi connectivity index (χ1v) is 6.92. The van der Waals surface area contributed by atoms with Crippen molar-refractivity contribution in [3.05, 3.63) is 64.1 Å². The fraction of sp³-hybridized carbons (Fsp3) is 0.0667. The van der Waals surface area contributed by atoms with E-state index >= 15 is 0 Å². The molecule has 0 atom stereocenters. The van der Waals surface area contributed by atoms with Crippen LogP contribution < -0.4 is 5.32 Å². The molecule has 4 nitrogen and oxygen atoms in total. The number of halogens is 3. The third-order valence-electron chi connectivity index (χ3n) is 2.54. The zero-order chi connectivity index (χ0) is 16.1. The second-order valence-corrected chi connectivity index (χ2v) is 5.21. The number of ether oxygens (including phenoxy) is 1. The fourth-order valence-electron chi connectivity index (χ4n) is 1.65. The molecule has 0 spiro atoms. The Morgan fingerprint density at radius 1 is 1.09 bits per heavy atom. The average molecular weight is 370 g/mol. The van der Waals surface area contributed by atoms with E-state index in [9.17, 15) is 18.4 Å². The van der Waals surface area contributed by atoms with Crippen molar-refractivity contribution < 1.29 is 23.1 Å². The van der Waals surface area contributed by atoms with E-state index in [1.807, 2.05) is 0 Å². The van der Waals surface area contributed by atoms with Crippen molar-refractivity contribution in [2.45, 2.75) is 0 Å². The Balaban J connectivity index is 1.92. The number of esters is 1. The van der Waals surface area contributed by atoms with Crippen LogP contribution in [-0.2, 0) is 9.53 Å². The Morgan fingerprint density at radius 3 is 2.41 bits per heavy atom. The summed E-state index contributed by atoms with van der Waals surface area (Å²) in [5, 5.41) is 2.52. The van der Waals surface area contributed by atoms with Gasteiger partial charge in [0, 0.05) is 16.2 Å². The third-order valence-corrected chi connectivity index (χ3v) is 3.03. The van der Waals surface area contributed by atoms with Crippen LogP contribution in [0.3, 0.4) is 0 Å². The first-order chi connectivity index (χ1) is 10.4. The predicted octanol–water partition coefficient (Wildman–Crippen LogP) is 3.52. The number of nitrogens with one attached hydrogen (secondary N) is 1. The van der Waals surface area contributed by atoms with E-state index in [2.05, 4.69) is 21.2 Å². The van der Waals surface area contributed by atoms with Crippen LogP contribution in [0.4, 0.5) is 14.5 Å². The minimum Gasteiger partial charge on any atom is -0.452 e. The molecule has 22 heavy (non-hydrogen) atoms. The molecule has 0 heterocycles. The molecule has 0 radical (unpaired) electrons. The topological polar surface area (TPSA) is 55.4 Å². The molecule has 0 saturated carbocycles. The van der Waals surface area contributed by atoms with E-state index in [-0.39, 0.29) is 5.56 Å². The van der Waals surface area contributed by atoms with Gasteiger partial charge in [0.25, 0.3) is 5.91 Å². The van der Waals surface area contributed by atoms with E-state index in [1.54, 1.807) is 24.3 Å². The van der Waals surface area contributed by atoms with E-state index in [1.165, 1.54) is 0 Å². The molecule has 0 bridgehead atoms. The summed E-state index contributed by atoms with van der Waals surface area (Å²) in [7, 11) is 0. The van der Waals surface area contributed by atoms with Gasteiger partial charge in [-0.2, -0.15) is 0 Å². The second-order valence-electron chi connectivity index (χ2n) is 4.29. The predicted molar refractivity (Wildman–Crippen MR) is 79.4 cm³/mol. The number of hydrogen-bond donors (Lipinski definition) is 1. The lowest BCUT2D eigenvalue weighted by Crippen LogP contribution is -2.21. The third kappa shape index (κ3) is 4.63. The lowest BCUT2D eigenvalue weighted by Gasteiger charge is -2.07. The van der Waals surface area contributed by atoms with Crippen molar-refractivity contribution in [3.63, 3.8) is 0 Å². The highest BCUT2D eigenvalue weighted by molar-refractivity contribution is 9.10. The van der Waals surface area contributed by atoms with Gasteiger partial charge in [0.2, 0.25) is 0 Å². The Morgan fingerprint density at radius 2 is 1.77 bits per heavy atom. The first kappa shape index (κ1) is 16.1. The molecule has 2 aromatic carbocycles. The van der Waals surface area contributed by atoms with E-state index in [0.29, 0.717) is 11.8 Å². The molecule has 2 rings (SSSR count). The highest BCUT2D eigenvalue weighted by atomic mass is 79.9. The van der Waals surface area contributed by atoms with Crippen LogP contribution in [0.25, 0.3) is 0 Å². The number of amides is 1. The highest BCUT2D eigenvalue weighted by Crippen LogP contribution is 2.15. The number of anilines is 1. The van der Waals surface area contributed by atoms with Crippen molar-refractivity contribution >= 4 is 33.5 Å². The van der Waals surface area contributed by atoms with Crippen LogP contribution in [0.5, 0.6) is 0 Å². The Bertz CT molecular complexity index is 701. The van der Waals surface area contributed by atoms with Gasteiger partial charge in [0.15, 0.2) is 6.61 Å². The molecule has 1 amide bonds. The summed E-state index contributed by atoms with van der Waals surface area (Å²) in [4.78, 5) is 23.3. The molecular weight excluding hydrogens is 360 g/mol. The molecule has 0 aliphatic heterocycles. The molecule has 0 aliphatic rings. The van der Waals surface area contributed by atoms with Gasteiger partial charge in [0.05, 0.1) is 5.56 Å². The lowest BCUT2D eigenvalue weighted by molar-refractivity contribution is -0.119. The first-order valence-electron chi connectivity index (χ1n) is 6.12. The monoisotopic (exact) mass is 369 g/mol. The molecule has 7 heteroatoms. The van der Waals surface area contributed by atoms with E-state index in [4.69, 9.17) is 4.74 Å². The van der Waals surface area contributed by atoms with Gasteiger partial charge in [-0.3, -0.25) is 4.79 Å². The highest BCUT2D eigenvalue weighted by Gasteiger charge is 2.13. The molecule has 0 aliphatic carbocycles. The van der Waals surface area contributed by atoms with Gasteiger partial charge in [-0.05, 0) is 30.3 Å². The van der Waals surface area contributed by atoms with Gasteiger partial charge in [0.1, 0.15) is 11.6 Å². The van der Waals surface area contributed by atoms with Crippen molar-refractivity contribution in [1.82, 2.24) is 0 Å². The summed E-state index contributed by atoms with van der Waals surface area (Å²) < 4.78 is 31.4. The summed E-state index contributed by atoms with van der Waals surface area (Å²) in [5.41, 5.74) is 0.222. The smallest absolute Gasteiger partial charge is 0.338 e. The standard InChI is InChI=1S/C15H10BrF2NO3/c16-10-2-1-3-13(6-10)19-14(20)8-22-15(21)9-4-11(17)7-12(18)5-9/h1-7H,8H2,(H,19,20). The summed E-state index contributed by atoms with van der Waals surface area (Å²) in [6.45, 7) is -0.566. The molecule has 0 fully saturated rings. The molecular formula is C15H10BrF2NO3. The summed E-state index contributed by atoms with van der Waals surface area (Å²) in [5.74, 6) is -3.35. The van der Waals surface area contributed by atoms with Crippen molar-refractivity contribution in [2.75, 3.05) is 11.9 Å². The zero-order valence-electron chi connectivity index (χ0n) is 11.1. The SMILES string of the molecule is O=C(COC(=O)c1cc(F)cc(F)c1)Nc1cccc(Br)c1. The quantitative estimate of drug-likeness (QED) is 0.838. The molecule has 0 unspecified atom stereocenters. The van der Waals surface area contributed by atoms with Crippen LogP contribution in [-0.4, -0.2) is 18.5 Å². The van der Waals surface area contributed by atoms with E-state index in [0.717, 1.165) is 16.6 Å². The largest absolute Gasteiger partial charge is 0.452 e. The average Bonchev–Trinajstić information content (AvgIpc) is 2.43. The summed E-state index contributed by atoms with van der Waals surface area (Å²) in [6.07, 6.45) is 0. The normalized spacial score (nSPS) is 10.1. The number of carbonyl (C=O) groups is 2. The summed E-state index contributed by atoms with van der Waals surface area (Å²) >= 11 is 3.25. The van der Waals surface area contributed by atoms with Crippen LogP contribution in [0.15, 0.2) is 46.9 Å². The van der Waals surface area contributed by atoms with Crippen LogP contribution in [0.1, 0.15) is 10.4 Å². The number of benzene rings is 2. The minimum atomic E-state index is -0.984. The molecule has 0 aromatic heterocycles. The van der Waals surface area contributed by atoms with Gasteiger partial charge in [-0.1, -0.05) is 22.0 Å². The van der Waals surface area contributed by atoms with Gasteiger partial charge >= 0.3 is 5.97 Å². The molecule has 1 N–H and O–H groups in total. The fourth-order valence-corrected chi connectivity index (χ4v) is 2.05. The summed E-state index contributed by atoms with van der Waals surface area (Å²) in [6, 6.07) is 9.13. The van der Waals surface area contributed by atoms with Crippen molar-refractivity contribution in [3.8, 4) is 0 Å². The molecule has 114 valence electrons. The maximum Gasteiger partial charge on any atom is 0.338 e. The van der Waals surface area contributed by atoms with Crippen LogP contribution in [0, 0.1) is 11.6 Å². The van der Waals surface area contributed by atoms with Crippen LogP contribution in [0.2, 0.25) is 0 Å².